The van der Waals surface area contributed by atoms with Gasteiger partial charge in [-0.1, -0.05) is 12.1 Å². The monoisotopic (exact) mass is 208 g/mol. The third kappa shape index (κ3) is 3.13. The van der Waals surface area contributed by atoms with Crippen molar-refractivity contribution in [3.05, 3.63) is 23.8 Å². The zero-order valence-corrected chi connectivity index (χ0v) is 9.71. The second kappa shape index (κ2) is 5.61. The third-order valence-corrected chi connectivity index (χ3v) is 2.72. The lowest BCUT2D eigenvalue weighted by atomic mass is 10.0. The number of rotatable bonds is 5. The van der Waals surface area contributed by atoms with Crippen LogP contribution in [0.15, 0.2) is 18.2 Å². The fourth-order valence-electron chi connectivity index (χ4n) is 1.50. The number of aryl methyl sites for hydroxylation is 1. The molecular formula is C12H20N2O. The van der Waals surface area contributed by atoms with E-state index < -0.39 is 0 Å². The third-order valence-electron chi connectivity index (χ3n) is 2.72. The maximum absolute atomic E-state index is 5.98. The summed E-state index contributed by atoms with van der Waals surface area (Å²) >= 11 is 0. The molecule has 15 heavy (non-hydrogen) atoms. The van der Waals surface area contributed by atoms with Gasteiger partial charge in [0.05, 0.1) is 12.8 Å². The molecule has 0 aromatic heterocycles. The zero-order valence-electron chi connectivity index (χ0n) is 9.71. The molecule has 1 atom stereocenters. The van der Waals surface area contributed by atoms with Crippen molar-refractivity contribution in [2.24, 2.45) is 0 Å². The van der Waals surface area contributed by atoms with Crippen molar-refractivity contribution in [1.82, 2.24) is 5.32 Å². The highest BCUT2D eigenvalue weighted by molar-refractivity contribution is 5.58. The summed E-state index contributed by atoms with van der Waals surface area (Å²) in [6.45, 7) is 2.16. The van der Waals surface area contributed by atoms with E-state index in [0.717, 1.165) is 29.8 Å². The summed E-state index contributed by atoms with van der Waals surface area (Å²) in [7, 11) is 3.62. The molecule has 1 rings (SSSR count). The zero-order chi connectivity index (χ0) is 11.3. The van der Waals surface area contributed by atoms with Gasteiger partial charge in [-0.05, 0) is 38.4 Å². The van der Waals surface area contributed by atoms with Gasteiger partial charge in [-0.3, -0.25) is 0 Å². The summed E-state index contributed by atoms with van der Waals surface area (Å²) in [5.74, 6) is 0.768. The first-order valence-electron chi connectivity index (χ1n) is 5.27. The predicted molar refractivity (Wildman–Crippen MR) is 64.2 cm³/mol. The number of ether oxygens (including phenoxy) is 1. The Balaban J connectivity index is 2.68. The number of para-hydroxylation sites is 1. The summed E-state index contributed by atoms with van der Waals surface area (Å²) in [5, 5.41) is 3.21. The molecule has 0 heterocycles. The Hall–Kier alpha value is -1.22. The van der Waals surface area contributed by atoms with E-state index in [1.54, 1.807) is 7.11 Å². The van der Waals surface area contributed by atoms with Crippen molar-refractivity contribution < 1.29 is 4.74 Å². The molecule has 0 aliphatic heterocycles. The van der Waals surface area contributed by atoms with Crippen molar-refractivity contribution in [2.75, 3.05) is 19.9 Å². The molecule has 1 aromatic carbocycles. The van der Waals surface area contributed by atoms with Crippen LogP contribution in [0.1, 0.15) is 18.9 Å². The first-order chi connectivity index (χ1) is 7.19. The molecule has 3 N–H and O–H groups in total. The van der Waals surface area contributed by atoms with E-state index in [0.29, 0.717) is 6.04 Å². The number of benzene rings is 1. The first-order valence-corrected chi connectivity index (χ1v) is 5.27. The van der Waals surface area contributed by atoms with Gasteiger partial charge in [-0.25, -0.2) is 0 Å². The van der Waals surface area contributed by atoms with Gasteiger partial charge in [-0.15, -0.1) is 0 Å². The lowest BCUT2D eigenvalue weighted by Gasteiger charge is -2.12. The molecule has 0 aliphatic carbocycles. The van der Waals surface area contributed by atoms with Gasteiger partial charge in [0.15, 0.2) is 0 Å². The highest BCUT2D eigenvalue weighted by Gasteiger charge is 2.06. The molecule has 0 aliphatic rings. The second-order valence-corrected chi connectivity index (χ2v) is 3.76. The lowest BCUT2D eigenvalue weighted by Crippen LogP contribution is -2.21. The highest BCUT2D eigenvalue weighted by Crippen LogP contribution is 2.25. The van der Waals surface area contributed by atoms with Crippen molar-refractivity contribution in [2.45, 2.75) is 25.8 Å². The molecule has 0 radical (unpaired) electrons. The van der Waals surface area contributed by atoms with E-state index in [2.05, 4.69) is 18.3 Å². The van der Waals surface area contributed by atoms with E-state index in [9.17, 15) is 0 Å². The molecule has 1 unspecified atom stereocenters. The van der Waals surface area contributed by atoms with Crippen molar-refractivity contribution >= 4 is 5.69 Å². The van der Waals surface area contributed by atoms with Crippen LogP contribution in [-0.2, 0) is 6.42 Å². The largest absolute Gasteiger partial charge is 0.495 e. The Bertz CT molecular complexity index is 312. The lowest BCUT2D eigenvalue weighted by molar-refractivity contribution is 0.416. The Morgan fingerprint density at radius 3 is 2.80 bits per heavy atom. The van der Waals surface area contributed by atoms with Crippen LogP contribution in [0.5, 0.6) is 5.75 Å². The van der Waals surface area contributed by atoms with Crippen LogP contribution in [0.2, 0.25) is 0 Å². The Kier molecular flexibility index (Phi) is 4.43. The number of anilines is 1. The van der Waals surface area contributed by atoms with Gasteiger partial charge in [0, 0.05) is 6.04 Å². The number of nitrogens with two attached hydrogens (primary N) is 1. The molecular weight excluding hydrogens is 188 g/mol. The number of hydrogen-bond donors (Lipinski definition) is 2. The molecule has 1 aromatic rings. The SMILES string of the molecule is CNC(C)CCc1cccc(OC)c1N. The Morgan fingerprint density at radius 2 is 2.20 bits per heavy atom. The van der Waals surface area contributed by atoms with Crippen LogP contribution in [-0.4, -0.2) is 20.2 Å². The molecule has 0 amide bonds. The van der Waals surface area contributed by atoms with E-state index >= 15 is 0 Å². The van der Waals surface area contributed by atoms with Gasteiger partial charge in [-0.2, -0.15) is 0 Å². The standard InChI is InChI=1S/C12H20N2O/c1-9(14-2)7-8-10-5-4-6-11(15-3)12(10)13/h4-6,9,14H,7-8,13H2,1-3H3. The summed E-state index contributed by atoms with van der Waals surface area (Å²) < 4.78 is 5.18. The molecule has 3 nitrogen and oxygen atoms in total. The second-order valence-electron chi connectivity index (χ2n) is 3.76. The smallest absolute Gasteiger partial charge is 0.142 e. The van der Waals surface area contributed by atoms with E-state index in [1.165, 1.54) is 0 Å². The van der Waals surface area contributed by atoms with Crippen LogP contribution in [0.25, 0.3) is 0 Å². The normalized spacial score (nSPS) is 12.5. The van der Waals surface area contributed by atoms with Crippen LogP contribution < -0.4 is 15.8 Å². The minimum absolute atomic E-state index is 0.510. The summed E-state index contributed by atoms with van der Waals surface area (Å²) in [4.78, 5) is 0. The quantitative estimate of drug-likeness (QED) is 0.726. The van der Waals surface area contributed by atoms with E-state index in [1.807, 2.05) is 19.2 Å². The minimum Gasteiger partial charge on any atom is -0.495 e. The maximum Gasteiger partial charge on any atom is 0.142 e. The van der Waals surface area contributed by atoms with Crippen molar-refractivity contribution in [1.29, 1.82) is 0 Å². The van der Waals surface area contributed by atoms with Gasteiger partial charge < -0.3 is 15.8 Å². The van der Waals surface area contributed by atoms with Crippen LogP contribution >= 0.6 is 0 Å². The predicted octanol–water partition coefficient (Wildman–Crippen LogP) is 1.82. The molecule has 0 bridgehead atoms. The molecule has 0 saturated heterocycles. The van der Waals surface area contributed by atoms with Crippen molar-refractivity contribution in [3.8, 4) is 5.75 Å². The highest BCUT2D eigenvalue weighted by atomic mass is 16.5. The topological polar surface area (TPSA) is 47.3 Å². The Labute approximate surface area is 91.6 Å². The number of nitrogens with one attached hydrogen (secondary N) is 1. The molecule has 0 saturated carbocycles. The average molecular weight is 208 g/mol. The minimum atomic E-state index is 0.510. The van der Waals surface area contributed by atoms with E-state index in [4.69, 9.17) is 10.5 Å². The van der Waals surface area contributed by atoms with Gasteiger partial charge in [0.25, 0.3) is 0 Å². The van der Waals surface area contributed by atoms with Gasteiger partial charge in [0.1, 0.15) is 5.75 Å². The molecule has 3 heteroatoms. The van der Waals surface area contributed by atoms with E-state index in [-0.39, 0.29) is 0 Å². The number of hydrogen-bond acceptors (Lipinski definition) is 3. The fourth-order valence-corrected chi connectivity index (χ4v) is 1.50. The van der Waals surface area contributed by atoms with Crippen LogP contribution in [0.4, 0.5) is 5.69 Å². The van der Waals surface area contributed by atoms with Gasteiger partial charge in [0.2, 0.25) is 0 Å². The molecule has 0 fully saturated rings. The summed E-state index contributed by atoms with van der Waals surface area (Å²) in [6, 6.07) is 6.44. The average Bonchev–Trinajstić information content (AvgIpc) is 2.27. The first kappa shape index (κ1) is 11.9. The maximum atomic E-state index is 5.98. The summed E-state index contributed by atoms with van der Waals surface area (Å²) in [6.07, 6.45) is 2.05. The fraction of sp³-hybridized carbons (Fsp3) is 0.500. The van der Waals surface area contributed by atoms with Crippen LogP contribution in [0.3, 0.4) is 0 Å². The molecule has 0 spiro atoms. The number of nitrogen functional groups attached to an aromatic ring is 1. The van der Waals surface area contributed by atoms with Gasteiger partial charge >= 0.3 is 0 Å². The molecule has 84 valence electrons. The summed E-state index contributed by atoms with van der Waals surface area (Å²) in [5.41, 5.74) is 7.91. The number of methoxy groups -OCH3 is 1. The van der Waals surface area contributed by atoms with Crippen molar-refractivity contribution in [3.63, 3.8) is 0 Å². The van der Waals surface area contributed by atoms with Crippen LogP contribution in [0, 0.1) is 0 Å². The Morgan fingerprint density at radius 1 is 1.47 bits per heavy atom.